The maximum absolute atomic E-state index is 14.7. The van der Waals surface area contributed by atoms with Crippen molar-refractivity contribution in [3.63, 3.8) is 0 Å². The molecule has 0 aliphatic carbocycles. The number of piperidine rings is 2. The molecule has 1 atom stereocenters. The maximum Gasteiger partial charge on any atom is 0.336 e. The number of hydrogen-bond acceptors (Lipinski definition) is 12. The molecule has 5 amide bonds. The first-order valence-electron chi connectivity index (χ1n) is 18.6. The fourth-order valence-electron chi connectivity index (χ4n) is 7.88. The summed E-state index contributed by atoms with van der Waals surface area (Å²) >= 11 is 0. The Morgan fingerprint density at radius 3 is 2.44 bits per heavy atom. The molecule has 1 unspecified atom stereocenters. The number of aromatic nitrogens is 2. The smallest absolute Gasteiger partial charge is 0.336 e. The average Bonchev–Trinajstić information content (AvgIpc) is 3.44. The summed E-state index contributed by atoms with van der Waals surface area (Å²) in [7, 11) is 0. The van der Waals surface area contributed by atoms with Gasteiger partial charge in [-0.2, -0.15) is 4.98 Å². The lowest BCUT2D eigenvalue weighted by Crippen LogP contribution is -2.54. The summed E-state index contributed by atoms with van der Waals surface area (Å²) < 4.78 is 19.9. The van der Waals surface area contributed by atoms with Crippen molar-refractivity contribution in [2.75, 3.05) is 54.4 Å². The highest BCUT2D eigenvalue weighted by molar-refractivity contribution is 6.23. The van der Waals surface area contributed by atoms with E-state index in [0.29, 0.717) is 61.1 Å². The molecule has 4 aromatic rings. The van der Waals surface area contributed by atoms with Crippen molar-refractivity contribution >= 4 is 63.6 Å². The molecule has 8 rings (SSSR count). The minimum absolute atomic E-state index is 0.0170. The molecule has 2 aromatic heterocycles. The van der Waals surface area contributed by atoms with Crippen molar-refractivity contribution in [1.29, 1.82) is 0 Å². The van der Waals surface area contributed by atoms with Crippen LogP contribution < -0.4 is 26.1 Å². The van der Waals surface area contributed by atoms with E-state index in [2.05, 4.69) is 25.5 Å². The SMILES string of the molecule is O=C1CCC(N2C(=O)c3ccc(N4CCC(CCCC(=O)N5CCN(c6ncc(F)c(Nc7ccc8oc(=O)ccc8c7)n6)CC5)CC4)cc3C2=O)C(=O)N1. The van der Waals surface area contributed by atoms with Gasteiger partial charge in [0, 0.05) is 74.9 Å². The van der Waals surface area contributed by atoms with Gasteiger partial charge >= 0.3 is 5.63 Å². The van der Waals surface area contributed by atoms with Gasteiger partial charge in [0.1, 0.15) is 11.6 Å². The molecule has 2 aromatic carbocycles. The fraction of sp³-hybridized carbons (Fsp3) is 0.385. The second-order valence-electron chi connectivity index (χ2n) is 14.4. The molecule has 4 aliphatic heterocycles. The van der Waals surface area contributed by atoms with Crippen LogP contribution in [0.5, 0.6) is 0 Å². The normalized spacial score (nSPS) is 19.3. The number of carbonyl (C=O) groups is 5. The number of carbonyl (C=O) groups excluding carboxylic acids is 5. The summed E-state index contributed by atoms with van der Waals surface area (Å²) in [6.45, 7) is 3.61. The molecule has 3 saturated heterocycles. The predicted octanol–water partition coefficient (Wildman–Crippen LogP) is 3.60. The van der Waals surface area contributed by atoms with E-state index in [9.17, 15) is 33.2 Å². The van der Waals surface area contributed by atoms with Crippen molar-refractivity contribution in [3.8, 4) is 0 Å². The highest BCUT2D eigenvalue weighted by Crippen LogP contribution is 2.33. The summed E-state index contributed by atoms with van der Waals surface area (Å²) in [6.07, 6.45) is 5.37. The van der Waals surface area contributed by atoms with Gasteiger partial charge in [-0.1, -0.05) is 0 Å². The third-order valence-corrected chi connectivity index (χ3v) is 10.9. The van der Waals surface area contributed by atoms with Crippen molar-refractivity contribution in [1.82, 2.24) is 25.1 Å². The number of fused-ring (bicyclic) bond motifs is 2. The summed E-state index contributed by atoms with van der Waals surface area (Å²) in [5.41, 5.74) is 1.93. The minimum atomic E-state index is -0.994. The van der Waals surface area contributed by atoms with E-state index < -0.39 is 41.1 Å². The Morgan fingerprint density at radius 1 is 0.873 bits per heavy atom. The molecule has 55 heavy (non-hydrogen) atoms. The lowest BCUT2D eigenvalue weighted by Gasteiger charge is -2.35. The zero-order valence-electron chi connectivity index (χ0n) is 30.0. The number of nitrogens with one attached hydrogen (secondary N) is 2. The molecule has 284 valence electrons. The average molecular weight is 751 g/mol. The van der Waals surface area contributed by atoms with Gasteiger partial charge in [0.2, 0.25) is 23.7 Å². The van der Waals surface area contributed by atoms with Crippen LogP contribution in [0.1, 0.15) is 65.7 Å². The topological polar surface area (TPSA) is 178 Å². The van der Waals surface area contributed by atoms with Crippen LogP contribution in [0.2, 0.25) is 0 Å². The third kappa shape index (κ3) is 7.35. The summed E-state index contributed by atoms with van der Waals surface area (Å²) in [4.78, 5) is 90.5. The molecule has 15 nitrogen and oxygen atoms in total. The van der Waals surface area contributed by atoms with Crippen molar-refractivity contribution < 1.29 is 32.8 Å². The number of rotatable bonds is 9. The van der Waals surface area contributed by atoms with E-state index in [-0.39, 0.29) is 35.7 Å². The number of amides is 5. The molecular formula is C39H39FN8O7. The van der Waals surface area contributed by atoms with Crippen LogP contribution in [0.15, 0.2) is 63.9 Å². The molecule has 4 aliphatic rings. The van der Waals surface area contributed by atoms with Gasteiger partial charge in [0.05, 0.1) is 17.3 Å². The number of halogens is 1. The molecule has 0 radical (unpaired) electrons. The van der Waals surface area contributed by atoms with E-state index in [1.54, 1.807) is 36.4 Å². The van der Waals surface area contributed by atoms with Crippen LogP contribution in [0.25, 0.3) is 11.0 Å². The van der Waals surface area contributed by atoms with E-state index in [0.717, 1.165) is 55.6 Å². The van der Waals surface area contributed by atoms with Gasteiger partial charge in [-0.15, -0.1) is 0 Å². The first-order valence-corrected chi connectivity index (χ1v) is 18.6. The molecule has 0 spiro atoms. The van der Waals surface area contributed by atoms with Crippen LogP contribution in [0.4, 0.5) is 27.5 Å². The largest absolute Gasteiger partial charge is 0.423 e. The van der Waals surface area contributed by atoms with Crippen molar-refractivity contribution in [2.24, 2.45) is 5.92 Å². The third-order valence-electron chi connectivity index (χ3n) is 10.9. The zero-order valence-corrected chi connectivity index (χ0v) is 30.0. The van der Waals surface area contributed by atoms with E-state index in [4.69, 9.17) is 4.42 Å². The molecule has 3 fully saturated rings. The van der Waals surface area contributed by atoms with Gasteiger partial charge in [0.15, 0.2) is 11.6 Å². The lowest BCUT2D eigenvalue weighted by molar-refractivity contribution is -0.136. The minimum Gasteiger partial charge on any atom is -0.423 e. The first kappa shape index (κ1) is 35.8. The number of imide groups is 2. The molecular weight excluding hydrogens is 711 g/mol. The van der Waals surface area contributed by atoms with Crippen molar-refractivity contribution in [3.05, 3.63) is 82.1 Å². The number of benzene rings is 2. The molecule has 6 heterocycles. The van der Waals surface area contributed by atoms with Gasteiger partial charge in [-0.3, -0.25) is 34.2 Å². The van der Waals surface area contributed by atoms with Crippen LogP contribution in [-0.2, 0) is 14.4 Å². The molecule has 0 saturated carbocycles. The second kappa shape index (κ2) is 14.9. The zero-order chi connectivity index (χ0) is 38.2. The van der Waals surface area contributed by atoms with Gasteiger partial charge in [-0.25, -0.2) is 14.2 Å². The molecule has 0 bridgehead atoms. The van der Waals surface area contributed by atoms with E-state index >= 15 is 0 Å². The standard InChI is InChI=1S/C39H39FN8O7/c40-29-22-41-39(44-35(29)42-25-5-9-31-24(20-25)4-11-34(51)55-31)47-18-16-46(17-19-47)33(50)3-1-2-23-12-14-45(15-13-23)26-6-7-27-28(21-26)38(54)48(37(27)53)30-8-10-32(49)43-36(30)52/h4-7,9,11,20-23,30H,1-3,8,10,12-19H2,(H,41,42,44)(H,43,49,52). The molecule has 2 N–H and O–H groups in total. The highest BCUT2D eigenvalue weighted by atomic mass is 19.1. The Hall–Kier alpha value is -6.19. The summed E-state index contributed by atoms with van der Waals surface area (Å²) in [5.74, 6) is -1.72. The van der Waals surface area contributed by atoms with E-state index in [1.807, 2.05) is 15.9 Å². The van der Waals surface area contributed by atoms with Gasteiger partial charge < -0.3 is 24.4 Å². The predicted molar refractivity (Wildman–Crippen MR) is 198 cm³/mol. The monoisotopic (exact) mass is 750 g/mol. The van der Waals surface area contributed by atoms with E-state index in [1.165, 1.54) is 6.07 Å². The number of hydrogen-bond donors (Lipinski definition) is 2. The fourth-order valence-corrected chi connectivity index (χ4v) is 7.88. The highest BCUT2D eigenvalue weighted by Gasteiger charge is 2.45. The van der Waals surface area contributed by atoms with Gasteiger partial charge in [0.25, 0.3) is 11.8 Å². The summed E-state index contributed by atoms with van der Waals surface area (Å²) in [6, 6.07) is 12.2. The second-order valence-corrected chi connectivity index (χ2v) is 14.4. The lowest BCUT2D eigenvalue weighted by atomic mass is 9.91. The van der Waals surface area contributed by atoms with Crippen LogP contribution in [0.3, 0.4) is 0 Å². The first-order chi connectivity index (χ1) is 26.6. The Bertz CT molecular complexity index is 2260. The molecule has 16 heteroatoms. The van der Waals surface area contributed by atoms with Gasteiger partial charge in [-0.05, 0) is 80.5 Å². The van der Waals surface area contributed by atoms with Crippen molar-refractivity contribution in [2.45, 2.75) is 51.0 Å². The Kier molecular flexibility index (Phi) is 9.71. The summed E-state index contributed by atoms with van der Waals surface area (Å²) in [5, 5.41) is 5.89. The number of piperazine rings is 1. The van der Waals surface area contributed by atoms with Crippen LogP contribution in [-0.4, -0.2) is 94.6 Å². The Labute approximate surface area is 314 Å². The quantitative estimate of drug-likeness (QED) is 0.188. The maximum atomic E-state index is 14.7. The Morgan fingerprint density at radius 2 is 1.65 bits per heavy atom. The number of nitrogens with zero attached hydrogens (tertiary/aromatic N) is 6. The van der Waals surface area contributed by atoms with Crippen LogP contribution in [0, 0.1) is 11.7 Å². The van der Waals surface area contributed by atoms with Crippen LogP contribution >= 0.6 is 0 Å². The number of anilines is 4. The Balaban J connectivity index is 0.781.